The van der Waals surface area contributed by atoms with Crippen LogP contribution < -0.4 is 14.8 Å². The maximum absolute atomic E-state index is 11.8. The van der Waals surface area contributed by atoms with Crippen LogP contribution in [0.1, 0.15) is 5.56 Å². The van der Waals surface area contributed by atoms with Gasteiger partial charge in [0.25, 0.3) is 0 Å². The average Bonchev–Trinajstić information content (AvgIpc) is 2.44. The van der Waals surface area contributed by atoms with Gasteiger partial charge in [-0.25, -0.2) is 4.79 Å². The molecule has 0 fully saturated rings. The highest BCUT2D eigenvalue weighted by Gasteiger charge is 2.12. The number of urea groups is 1. The predicted molar refractivity (Wildman–Crippen MR) is 74.6 cm³/mol. The summed E-state index contributed by atoms with van der Waals surface area (Å²) >= 11 is 0. The first-order valence-corrected chi connectivity index (χ1v) is 5.93. The van der Waals surface area contributed by atoms with Gasteiger partial charge in [0.1, 0.15) is 11.5 Å². The van der Waals surface area contributed by atoms with Gasteiger partial charge in [0, 0.05) is 19.2 Å². The van der Waals surface area contributed by atoms with Crippen LogP contribution in [0.3, 0.4) is 0 Å². The monoisotopic (exact) mass is 264 g/mol. The topological polar surface area (TPSA) is 50.8 Å². The summed E-state index contributed by atoms with van der Waals surface area (Å²) < 4.78 is 10.4. The predicted octanol–water partition coefficient (Wildman–Crippen LogP) is 2.03. The largest absolute Gasteiger partial charge is 0.497 e. The average molecular weight is 264 g/mol. The van der Waals surface area contributed by atoms with Crippen LogP contribution in [0.4, 0.5) is 4.79 Å². The molecule has 5 heteroatoms. The van der Waals surface area contributed by atoms with Gasteiger partial charge in [-0.2, -0.15) is 0 Å². The Bertz CT molecular complexity index is 446. The maximum atomic E-state index is 11.8. The van der Waals surface area contributed by atoms with Crippen molar-refractivity contribution in [2.24, 2.45) is 0 Å². The van der Waals surface area contributed by atoms with Gasteiger partial charge in [-0.1, -0.05) is 6.08 Å². The first-order chi connectivity index (χ1) is 9.12. The molecule has 0 saturated heterocycles. The van der Waals surface area contributed by atoms with Crippen LogP contribution in [0.15, 0.2) is 30.9 Å². The van der Waals surface area contributed by atoms with Crippen molar-refractivity contribution in [1.82, 2.24) is 10.2 Å². The van der Waals surface area contributed by atoms with Crippen molar-refractivity contribution in [2.45, 2.75) is 6.54 Å². The number of methoxy groups -OCH3 is 2. The Hall–Kier alpha value is -2.17. The van der Waals surface area contributed by atoms with Gasteiger partial charge in [0.15, 0.2) is 0 Å². The third-order valence-electron chi connectivity index (χ3n) is 2.64. The standard InChI is InChI=1S/C14H20N2O3/c1-5-8-15-14(17)16(2)10-11-9-12(18-3)6-7-13(11)19-4/h5-7,9H,1,8,10H2,2-4H3,(H,15,17). The molecule has 1 N–H and O–H groups in total. The summed E-state index contributed by atoms with van der Waals surface area (Å²) in [5.74, 6) is 1.46. The summed E-state index contributed by atoms with van der Waals surface area (Å²) in [5, 5.41) is 2.72. The van der Waals surface area contributed by atoms with E-state index >= 15 is 0 Å². The molecular formula is C14H20N2O3. The van der Waals surface area contributed by atoms with E-state index in [1.165, 1.54) is 0 Å². The molecule has 5 nitrogen and oxygen atoms in total. The fraction of sp³-hybridized carbons (Fsp3) is 0.357. The molecule has 19 heavy (non-hydrogen) atoms. The highest BCUT2D eigenvalue weighted by atomic mass is 16.5. The molecule has 0 unspecified atom stereocenters. The van der Waals surface area contributed by atoms with E-state index in [-0.39, 0.29) is 6.03 Å². The Morgan fingerprint density at radius 2 is 2.16 bits per heavy atom. The number of carbonyl (C=O) groups excluding carboxylic acids is 1. The molecule has 0 atom stereocenters. The summed E-state index contributed by atoms with van der Waals surface area (Å²) in [4.78, 5) is 13.3. The van der Waals surface area contributed by atoms with E-state index in [1.54, 1.807) is 32.2 Å². The second kappa shape index (κ2) is 7.31. The number of nitrogens with zero attached hydrogens (tertiary/aromatic N) is 1. The fourth-order valence-electron chi connectivity index (χ4n) is 1.63. The van der Waals surface area contributed by atoms with E-state index in [2.05, 4.69) is 11.9 Å². The fourth-order valence-corrected chi connectivity index (χ4v) is 1.63. The van der Waals surface area contributed by atoms with Crippen LogP contribution >= 0.6 is 0 Å². The Morgan fingerprint density at radius 3 is 2.74 bits per heavy atom. The van der Waals surface area contributed by atoms with Gasteiger partial charge in [-0.05, 0) is 18.2 Å². The third-order valence-corrected chi connectivity index (χ3v) is 2.64. The number of hydrogen-bond acceptors (Lipinski definition) is 3. The molecule has 1 aromatic carbocycles. The first kappa shape index (κ1) is 14.9. The molecule has 0 spiro atoms. The van der Waals surface area contributed by atoms with Crippen molar-refractivity contribution in [1.29, 1.82) is 0 Å². The molecular weight excluding hydrogens is 244 g/mol. The molecule has 0 aromatic heterocycles. The smallest absolute Gasteiger partial charge is 0.317 e. The molecule has 0 heterocycles. The van der Waals surface area contributed by atoms with Crippen molar-refractivity contribution in [3.8, 4) is 11.5 Å². The van der Waals surface area contributed by atoms with Crippen molar-refractivity contribution in [3.63, 3.8) is 0 Å². The minimum atomic E-state index is -0.162. The van der Waals surface area contributed by atoms with E-state index in [1.807, 2.05) is 18.2 Å². The Labute approximate surface area is 113 Å². The van der Waals surface area contributed by atoms with Gasteiger partial charge in [0.2, 0.25) is 0 Å². The number of benzene rings is 1. The lowest BCUT2D eigenvalue weighted by atomic mass is 10.2. The first-order valence-electron chi connectivity index (χ1n) is 5.93. The Kier molecular flexibility index (Phi) is 5.73. The van der Waals surface area contributed by atoms with Gasteiger partial charge < -0.3 is 19.7 Å². The van der Waals surface area contributed by atoms with Gasteiger partial charge in [0.05, 0.1) is 20.8 Å². The summed E-state index contributed by atoms with van der Waals surface area (Å²) in [5.41, 5.74) is 0.887. The zero-order valence-electron chi connectivity index (χ0n) is 11.6. The van der Waals surface area contributed by atoms with Crippen LogP contribution in [0.2, 0.25) is 0 Å². The van der Waals surface area contributed by atoms with Gasteiger partial charge in [-0.3, -0.25) is 0 Å². The molecule has 0 aliphatic rings. The summed E-state index contributed by atoms with van der Waals surface area (Å²) in [6.07, 6.45) is 1.64. The van der Waals surface area contributed by atoms with Crippen LogP contribution in [0.5, 0.6) is 11.5 Å². The zero-order chi connectivity index (χ0) is 14.3. The van der Waals surface area contributed by atoms with Crippen molar-refractivity contribution >= 4 is 6.03 Å². The molecule has 1 aromatic rings. The normalized spacial score (nSPS) is 9.63. The molecule has 0 radical (unpaired) electrons. The molecule has 104 valence electrons. The molecule has 0 aliphatic carbocycles. The summed E-state index contributed by atoms with van der Waals surface area (Å²) in [6, 6.07) is 5.34. The molecule has 0 aliphatic heterocycles. The highest BCUT2D eigenvalue weighted by Crippen LogP contribution is 2.24. The maximum Gasteiger partial charge on any atom is 0.317 e. The lowest BCUT2D eigenvalue weighted by Gasteiger charge is -2.19. The Balaban J connectivity index is 2.79. The summed E-state index contributed by atoms with van der Waals surface area (Å²) in [7, 11) is 4.92. The quantitative estimate of drug-likeness (QED) is 0.800. The molecule has 2 amide bonds. The third kappa shape index (κ3) is 4.21. The number of carbonyl (C=O) groups is 1. The van der Waals surface area contributed by atoms with Crippen molar-refractivity contribution in [3.05, 3.63) is 36.4 Å². The van der Waals surface area contributed by atoms with Crippen LogP contribution in [0.25, 0.3) is 0 Å². The van der Waals surface area contributed by atoms with E-state index in [0.717, 1.165) is 17.1 Å². The highest BCUT2D eigenvalue weighted by molar-refractivity contribution is 5.74. The van der Waals surface area contributed by atoms with Crippen molar-refractivity contribution in [2.75, 3.05) is 27.8 Å². The van der Waals surface area contributed by atoms with Crippen LogP contribution in [-0.4, -0.2) is 38.7 Å². The van der Waals surface area contributed by atoms with Crippen LogP contribution in [-0.2, 0) is 6.54 Å². The zero-order valence-corrected chi connectivity index (χ0v) is 11.6. The number of hydrogen-bond donors (Lipinski definition) is 1. The number of amides is 2. The van der Waals surface area contributed by atoms with Crippen LogP contribution in [0, 0.1) is 0 Å². The van der Waals surface area contributed by atoms with Gasteiger partial charge in [-0.15, -0.1) is 6.58 Å². The lowest BCUT2D eigenvalue weighted by molar-refractivity contribution is 0.207. The Morgan fingerprint density at radius 1 is 1.42 bits per heavy atom. The minimum absolute atomic E-state index is 0.162. The van der Waals surface area contributed by atoms with Gasteiger partial charge >= 0.3 is 6.03 Å². The summed E-state index contributed by atoms with van der Waals surface area (Å²) in [6.45, 7) is 4.43. The number of ether oxygens (including phenoxy) is 2. The lowest BCUT2D eigenvalue weighted by Crippen LogP contribution is -2.36. The van der Waals surface area contributed by atoms with E-state index < -0.39 is 0 Å². The van der Waals surface area contributed by atoms with E-state index in [0.29, 0.717) is 13.1 Å². The molecule has 1 rings (SSSR count). The van der Waals surface area contributed by atoms with Crippen molar-refractivity contribution < 1.29 is 14.3 Å². The molecule has 0 saturated carbocycles. The number of nitrogens with one attached hydrogen (secondary N) is 1. The minimum Gasteiger partial charge on any atom is -0.497 e. The van der Waals surface area contributed by atoms with E-state index in [4.69, 9.17) is 9.47 Å². The number of rotatable bonds is 6. The second-order valence-electron chi connectivity index (χ2n) is 4.01. The second-order valence-corrected chi connectivity index (χ2v) is 4.01. The molecule has 0 bridgehead atoms. The SMILES string of the molecule is C=CCNC(=O)N(C)Cc1cc(OC)ccc1OC. The van der Waals surface area contributed by atoms with E-state index in [9.17, 15) is 4.79 Å².